The SMILES string of the molecule is Cc1ccccc1C1=C(C(=O)Oc2cc(C(C)(C)C)c(O)c(C(C)(C)C)c2)C1. The minimum atomic E-state index is -0.302. The van der Waals surface area contributed by atoms with Gasteiger partial charge in [0.05, 0.1) is 0 Å². The van der Waals surface area contributed by atoms with Gasteiger partial charge in [0.25, 0.3) is 0 Å². The van der Waals surface area contributed by atoms with Gasteiger partial charge >= 0.3 is 5.97 Å². The third-order valence-electron chi connectivity index (χ3n) is 5.22. The van der Waals surface area contributed by atoms with E-state index in [1.807, 2.05) is 59.7 Å². The van der Waals surface area contributed by atoms with Crippen LogP contribution < -0.4 is 4.74 Å². The van der Waals surface area contributed by atoms with E-state index in [-0.39, 0.29) is 22.5 Å². The van der Waals surface area contributed by atoms with Gasteiger partial charge in [-0.2, -0.15) is 0 Å². The standard InChI is InChI=1S/C25H30O3/c1-15-10-8-9-11-17(15)18-14-19(18)23(27)28-16-12-20(24(2,3)4)22(26)21(13-16)25(5,6)7/h8-13,26H,14H2,1-7H3. The zero-order chi connectivity index (χ0) is 20.9. The van der Waals surface area contributed by atoms with Crippen molar-refractivity contribution in [3.63, 3.8) is 0 Å². The molecular formula is C25H30O3. The van der Waals surface area contributed by atoms with Crippen molar-refractivity contribution in [3.8, 4) is 11.5 Å². The average molecular weight is 379 g/mol. The Hall–Kier alpha value is -2.55. The molecule has 0 radical (unpaired) electrons. The molecule has 1 N–H and O–H groups in total. The lowest BCUT2D eigenvalue weighted by molar-refractivity contribution is -0.129. The molecule has 0 heterocycles. The van der Waals surface area contributed by atoms with Gasteiger partial charge in [-0.1, -0.05) is 65.8 Å². The molecule has 28 heavy (non-hydrogen) atoms. The van der Waals surface area contributed by atoms with E-state index in [2.05, 4.69) is 13.0 Å². The molecule has 0 atom stereocenters. The van der Waals surface area contributed by atoms with Gasteiger partial charge in [0.1, 0.15) is 11.5 Å². The molecule has 0 saturated carbocycles. The number of carbonyl (C=O) groups excluding carboxylic acids is 1. The largest absolute Gasteiger partial charge is 0.507 e. The van der Waals surface area contributed by atoms with Crippen molar-refractivity contribution < 1.29 is 14.6 Å². The maximum atomic E-state index is 12.7. The minimum absolute atomic E-state index is 0.266. The van der Waals surface area contributed by atoms with Gasteiger partial charge in [0.2, 0.25) is 0 Å². The summed E-state index contributed by atoms with van der Waals surface area (Å²) >= 11 is 0. The highest BCUT2D eigenvalue weighted by Gasteiger charge is 2.33. The van der Waals surface area contributed by atoms with Crippen molar-refractivity contribution in [2.24, 2.45) is 0 Å². The second-order valence-corrected chi connectivity index (χ2v) is 9.71. The Labute approximate surface area is 168 Å². The Morgan fingerprint density at radius 2 is 1.50 bits per heavy atom. The summed E-state index contributed by atoms with van der Waals surface area (Å²) in [5.41, 5.74) is 5.11. The highest BCUT2D eigenvalue weighted by atomic mass is 16.5. The van der Waals surface area contributed by atoms with Crippen LogP contribution in [0, 0.1) is 6.92 Å². The number of phenolic OH excluding ortho intramolecular Hbond substituents is 1. The Balaban J connectivity index is 1.95. The third kappa shape index (κ3) is 3.99. The normalized spacial score (nSPS) is 14.2. The molecule has 2 aromatic carbocycles. The van der Waals surface area contributed by atoms with Gasteiger partial charge in [0, 0.05) is 23.1 Å². The first-order valence-corrected chi connectivity index (χ1v) is 9.78. The summed E-state index contributed by atoms with van der Waals surface area (Å²) in [6.07, 6.45) is 0.667. The summed E-state index contributed by atoms with van der Waals surface area (Å²) in [6, 6.07) is 11.7. The van der Waals surface area contributed by atoms with Crippen molar-refractivity contribution in [3.05, 3.63) is 64.2 Å². The Morgan fingerprint density at radius 3 is 2.00 bits per heavy atom. The van der Waals surface area contributed by atoms with Gasteiger partial charge in [-0.3, -0.25) is 0 Å². The molecule has 0 spiro atoms. The van der Waals surface area contributed by atoms with Crippen LogP contribution in [-0.4, -0.2) is 11.1 Å². The highest BCUT2D eigenvalue weighted by molar-refractivity contribution is 6.09. The van der Waals surface area contributed by atoms with Gasteiger partial charge in [0.15, 0.2) is 0 Å². The molecule has 0 fully saturated rings. The second kappa shape index (κ2) is 6.80. The Bertz CT molecular complexity index is 931. The van der Waals surface area contributed by atoms with Crippen LogP contribution in [0.3, 0.4) is 0 Å². The molecule has 1 aliphatic carbocycles. The molecule has 3 rings (SSSR count). The Morgan fingerprint density at radius 1 is 0.964 bits per heavy atom. The lowest BCUT2D eigenvalue weighted by Gasteiger charge is -2.27. The van der Waals surface area contributed by atoms with E-state index in [0.29, 0.717) is 12.2 Å². The van der Waals surface area contributed by atoms with Crippen LogP contribution in [0.1, 0.15) is 70.2 Å². The number of aryl methyl sites for hydroxylation is 1. The molecule has 0 aromatic heterocycles. The van der Waals surface area contributed by atoms with E-state index in [1.54, 1.807) is 12.1 Å². The van der Waals surface area contributed by atoms with E-state index < -0.39 is 0 Å². The fourth-order valence-electron chi connectivity index (χ4n) is 3.48. The van der Waals surface area contributed by atoms with Crippen LogP contribution in [0.25, 0.3) is 5.57 Å². The van der Waals surface area contributed by atoms with E-state index in [1.165, 1.54) is 0 Å². The van der Waals surface area contributed by atoms with Gasteiger partial charge in [-0.15, -0.1) is 0 Å². The second-order valence-electron chi connectivity index (χ2n) is 9.71. The lowest BCUT2D eigenvalue weighted by Crippen LogP contribution is -2.18. The van der Waals surface area contributed by atoms with Gasteiger partial charge in [-0.05, 0) is 46.6 Å². The smallest absolute Gasteiger partial charge is 0.340 e. The summed E-state index contributed by atoms with van der Waals surface area (Å²) in [6.45, 7) is 14.3. The fraction of sp³-hybridized carbons (Fsp3) is 0.400. The number of phenols is 1. The van der Waals surface area contributed by atoms with Gasteiger partial charge in [-0.25, -0.2) is 4.79 Å². The van der Waals surface area contributed by atoms with Crippen molar-refractivity contribution >= 4 is 11.5 Å². The zero-order valence-electron chi connectivity index (χ0n) is 17.9. The topological polar surface area (TPSA) is 46.5 Å². The van der Waals surface area contributed by atoms with E-state index in [9.17, 15) is 9.90 Å². The quantitative estimate of drug-likeness (QED) is 0.522. The van der Waals surface area contributed by atoms with Crippen LogP contribution in [0.5, 0.6) is 11.5 Å². The fourth-order valence-corrected chi connectivity index (χ4v) is 3.48. The molecule has 1 aliphatic rings. The van der Waals surface area contributed by atoms with Crippen molar-refractivity contribution in [1.29, 1.82) is 0 Å². The highest BCUT2D eigenvalue weighted by Crippen LogP contribution is 2.44. The molecule has 3 nitrogen and oxygen atoms in total. The van der Waals surface area contributed by atoms with Crippen LogP contribution in [0.15, 0.2) is 42.0 Å². The molecule has 3 heteroatoms. The van der Waals surface area contributed by atoms with E-state index >= 15 is 0 Å². The number of benzene rings is 2. The maximum Gasteiger partial charge on any atom is 0.340 e. The molecule has 0 bridgehead atoms. The average Bonchev–Trinajstić information content (AvgIpc) is 3.35. The van der Waals surface area contributed by atoms with Crippen molar-refractivity contribution in [2.45, 2.75) is 65.7 Å². The van der Waals surface area contributed by atoms with Crippen LogP contribution >= 0.6 is 0 Å². The summed E-state index contributed by atoms with van der Waals surface area (Å²) < 4.78 is 5.75. The molecule has 0 aliphatic heterocycles. The predicted octanol–water partition coefficient (Wildman–Crippen LogP) is 6.06. The van der Waals surface area contributed by atoms with Crippen LogP contribution in [0.2, 0.25) is 0 Å². The predicted molar refractivity (Wildman–Crippen MR) is 114 cm³/mol. The number of allylic oxidation sites excluding steroid dienone is 1. The molecule has 0 saturated heterocycles. The molecule has 0 amide bonds. The van der Waals surface area contributed by atoms with Crippen molar-refractivity contribution in [1.82, 2.24) is 0 Å². The number of hydrogen-bond acceptors (Lipinski definition) is 3. The summed E-state index contributed by atoms with van der Waals surface area (Å²) in [7, 11) is 0. The molecule has 148 valence electrons. The molecule has 0 unspecified atom stereocenters. The van der Waals surface area contributed by atoms with Crippen molar-refractivity contribution in [2.75, 3.05) is 0 Å². The maximum absolute atomic E-state index is 12.7. The number of esters is 1. The van der Waals surface area contributed by atoms with E-state index in [4.69, 9.17) is 4.74 Å². The summed E-state index contributed by atoms with van der Waals surface area (Å²) in [5.74, 6) is 0.468. The Kier molecular flexibility index (Phi) is 4.91. The van der Waals surface area contributed by atoms with Crippen LogP contribution in [-0.2, 0) is 15.6 Å². The summed E-state index contributed by atoms with van der Waals surface area (Å²) in [5, 5.41) is 10.8. The number of ether oxygens (including phenoxy) is 1. The summed E-state index contributed by atoms with van der Waals surface area (Å²) in [4.78, 5) is 12.7. The number of aromatic hydroxyl groups is 1. The number of rotatable bonds is 3. The van der Waals surface area contributed by atoms with Crippen LogP contribution in [0.4, 0.5) is 0 Å². The monoisotopic (exact) mass is 378 g/mol. The zero-order valence-corrected chi connectivity index (χ0v) is 17.9. The first-order valence-electron chi connectivity index (χ1n) is 9.78. The first-order chi connectivity index (χ1) is 12.9. The molecular weight excluding hydrogens is 348 g/mol. The first kappa shape index (κ1) is 20.2. The lowest BCUT2D eigenvalue weighted by atomic mass is 9.79. The number of hydrogen-bond donors (Lipinski definition) is 1. The van der Waals surface area contributed by atoms with Gasteiger partial charge < -0.3 is 9.84 Å². The minimum Gasteiger partial charge on any atom is -0.507 e. The third-order valence-corrected chi connectivity index (χ3v) is 5.22. The molecule has 2 aromatic rings. The van der Waals surface area contributed by atoms with E-state index in [0.717, 1.165) is 33.4 Å². The number of carbonyl (C=O) groups is 1.